The van der Waals surface area contributed by atoms with Crippen molar-refractivity contribution in [2.75, 3.05) is 0 Å². The average Bonchev–Trinajstić information content (AvgIpc) is 3.07. The molecule has 7 aromatic rings. The van der Waals surface area contributed by atoms with Gasteiger partial charge in [-0.2, -0.15) is 0 Å². The first-order valence-corrected chi connectivity index (χ1v) is 17.6. The lowest BCUT2D eigenvalue weighted by Crippen LogP contribution is -2.18. The zero-order valence-corrected chi connectivity index (χ0v) is 29.3. The summed E-state index contributed by atoms with van der Waals surface area (Å²) in [7, 11) is 0. The number of aromatic nitrogens is 2. The van der Waals surface area contributed by atoms with Crippen LogP contribution in [0.15, 0.2) is 107 Å². The maximum atomic E-state index is 5.44. The fourth-order valence-electron chi connectivity index (χ4n) is 7.47. The molecular formula is C44H46N4. The molecule has 242 valence electrons. The van der Waals surface area contributed by atoms with Crippen LogP contribution in [0.25, 0.3) is 43.6 Å². The van der Waals surface area contributed by atoms with Crippen LogP contribution in [0.2, 0.25) is 0 Å². The van der Waals surface area contributed by atoms with Gasteiger partial charge < -0.3 is 9.13 Å². The molecule has 0 amide bonds. The lowest BCUT2D eigenvalue weighted by molar-refractivity contribution is 0.660. The molecule has 2 aromatic heterocycles. The summed E-state index contributed by atoms with van der Waals surface area (Å²) in [6.07, 6.45) is 4.45. The molecular weight excluding hydrogens is 585 g/mol. The third-order valence-corrected chi connectivity index (χ3v) is 9.64. The summed E-state index contributed by atoms with van der Waals surface area (Å²) in [4.78, 5) is 10.9. The third-order valence-electron chi connectivity index (χ3n) is 9.64. The summed E-state index contributed by atoms with van der Waals surface area (Å²) < 4.78 is 5.12. The number of nitrogens with zero attached hydrogens (tertiary/aromatic N) is 4. The molecule has 0 N–H and O–H groups in total. The van der Waals surface area contributed by atoms with E-state index >= 15 is 0 Å². The van der Waals surface area contributed by atoms with Crippen molar-refractivity contribution in [1.82, 2.24) is 9.13 Å². The van der Waals surface area contributed by atoms with Gasteiger partial charge in [0, 0.05) is 34.6 Å². The monoisotopic (exact) mass is 630 g/mol. The summed E-state index contributed by atoms with van der Waals surface area (Å²) in [5.41, 5.74) is 11.9. The molecule has 48 heavy (non-hydrogen) atoms. The molecule has 0 saturated carbocycles. The van der Waals surface area contributed by atoms with Crippen LogP contribution in [-0.4, -0.2) is 9.13 Å². The van der Waals surface area contributed by atoms with E-state index in [1.54, 1.807) is 0 Å². The Morgan fingerprint density at radius 1 is 0.479 bits per heavy atom. The van der Waals surface area contributed by atoms with E-state index in [0.29, 0.717) is 0 Å². The largest absolute Gasteiger partial charge is 0.340 e. The zero-order chi connectivity index (χ0) is 33.4. The molecule has 7 rings (SSSR count). The smallest absolute Gasteiger partial charge is 0.0826 e. The van der Waals surface area contributed by atoms with Crippen molar-refractivity contribution in [3.8, 4) is 0 Å². The summed E-state index contributed by atoms with van der Waals surface area (Å²) in [6, 6.07) is 35.1. The lowest BCUT2D eigenvalue weighted by Gasteiger charge is -2.22. The van der Waals surface area contributed by atoms with Gasteiger partial charge in [0.05, 0.1) is 44.2 Å². The van der Waals surface area contributed by atoms with Gasteiger partial charge in [0.2, 0.25) is 0 Å². The molecule has 0 aliphatic carbocycles. The van der Waals surface area contributed by atoms with Crippen LogP contribution in [0.4, 0.5) is 11.4 Å². The van der Waals surface area contributed by atoms with E-state index in [2.05, 4.69) is 148 Å². The fourth-order valence-corrected chi connectivity index (χ4v) is 7.47. The van der Waals surface area contributed by atoms with E-state index in [1.807, 2.05) is 0 Å². The topological polar surface area (TPSA) is 34.6 Å². The van der Waals surface area contributed by atoms with Crippen LogP contribution in [0.5, 0.6) is 0 Å². The Balaban J connectivity index is 1.79. The van der Waals surface area contributed by atoms with Gasteiger partial charge in [0.1, 0.15) is 0 Å². The second kappa shape index (κ2) is 13.3. The summed E-state index contributed by atoms with van der Waals surface area (Å²) in [5.74, 6) is 0. The standard InChI is InChI=1S/C44H46N4/c1-7-9-21-47-37-27-36-38(28-35(37)43(45-33-17-13-11-14-18-33)41-31(5)23-29(3)25-39(41)47)48(22-10-8-2)40-26-30(4)24-32(6)42(40)44(36)46-34-19-15-12-16-20-34/h11-20,23-28H,7-10,21-22H2,1-6H3. The highest BCUT2D eigenvalue weighted by molar-refractivity contribution is 6.05. The number of unbranched alkanes of at least 4 members (excludes halogenated alkanes) is 2. The SMILES string of the molecule is CCCCn1c2cc3c(=Nc4ccccc4)c4c(C)cc(C)cc4n(CCCC)c3cc2c(=Nc2ccccc2)c2c(C)cc(C)cc21. The van der Waals surface area contributed by atoms with Crippen LogP contribution in [0, 0.1) is 27.7 Å². The predicted octanol–water partition coefficient (Wildman–Crippen LogP) is 11.2. The Bertz CT molecular complexity index is 2270. The van der Waals surface area contributed by atoms with Gasteiger partial charge in [0.25, 0.3) is 0 Å². The highest BCUT2D eigenvalue weighted by Crippen LogP contribution is 2.31. The Morgan fingerprint density at radius 3 is 1.25 bits per heavy atom. The molecule has 0 bridgehead atoms. The van der Waals surface area contributed by atoms with Crippen molar-refractivity contribution < 1.29 is 0 Å². The van der Waals surface area contributed by atoms with Crippen LogP contribution >= 0.6 is 0 Å². The number of hydrogen-bond donors (Lipinski definition) is 0. The molecule has 0 spiro atoms. The van der Waals surface area contributed by atoms with Crippen molar-refractivity contribution in [2.45, 2.75) is 80.3 Å². The summed E-state index contributed by atoms with van der Waals surface area (Å²) in [5, 5.41) is 6.91. The fraction of sp³-hybridized carbons (Fsp3) is 0.273. The molecule has 0 radical (unpaired) electrons. The average molecular weight is 631 g/mol. The van der Waals surface area contributed by atoms with Gasteiger partial charge in [-0.15, -0.1) is 0 Å². The first kappa shape index (κ1) is 31.6. The molecule has 0 fully saturated rings. The molecule has 5 aromatic carbocycles. The summed E-state index contributed by atoms with van der Waals surface area (Å²) >= 11 is 0. The molecule has 0 saturated heterocycles. The Labute approximate surface area is 283 Å². The minimum atomic E-state index is 0.941. The van der Waals surface area contributed by atoms with Crippen molar-refractivity contribution in [2.24, 2.45) is 9.98 Å². The molecule has 4 heteroatoms. The number of rotatable bonds is 8. The number of fused-ring (bicyclic) bond motifs is 4. The molecule has 2 heterocycles. The quantitative estimate of drug-likeness (QED) is 0.150. The highest BCUT2D eigenvalue weighted by atomic mass is 15.0. The third kappa shape index (κ3) is 5.74. The predicted molar refractivity (Wildman–Crippen MR) is 205 cm³/mol. The maximum absolute atomic E-state index is 5.44. The summed E-state index contributed by atoms with van der Waals surface area (Å²) in [6.45, 7) is 15.3. The Morgan fingerprint density at radius 2 is 0.875 bits per heavy atom. The zero-order valence-electron chi connectivity index (χ0n) is 29.3. The number of benzene rings is 5. The van der Waals surface area contributed by atoms with E-state index in [9.17, 15) is 0 Å². The normalized spacial score (nSPS) is 12.7. The molecule has 0 atom stereocenters. The number of hydrogen-bond acceptors (Lipinski definition) is 2. The van der Waals surface area contributed by atoms with Crippen LogP contribution < -0.4 is 10.7 Å². The molecule has 0 aliphatic rings. The minimum absolute atomic E-state index is 0.941. The van der Waals surface area contributed by atoms with E-state index in [4.69, 9.17) is 9.98 Å². The number of aryl methyl sites for hydroxylation is 6. The van der Waals surface area contributed by atoms with Crippen molar-refractivity contribution in [3.05, 3.63) is 130 Å². The van der Waals surface area contributed by atoms with E-state index in [-0.39, 0.29) is 0 Å². The highest BCUT2D eigenvalue weighted by Gasteiger charge is 2.18. The van der Waals surface area contributed by atoms with Crippen LogP contribution in [-0.2, 0) is 13.1 Å². The van der Waals surface area contributed by atoms with E-state index in [0.717, 1.165) is 60.9 Å². The second-order valence-corrected chi connectivity index (χ2v) is 13.4. The van der Waals surface area contributed by atoms with Crippen LogP contribution in [0.1, 0.15) is 61.8 Å². The number of pyridine rings is 2. The van der Waals surface area contributed by atoms with Gasteiger partial charge in [-0.05, 0) is 111 Å². The van der Waals surface area contributed by atoms with Crippen molar-refractivity contribution in [3.63, 3.8) is 0 Å². The Kier molecular flexibility index (Phi) is 8.75. The molecule has 0 unspecified atom stereocenters. The van der Waals surface area contributed by atoms with Gasteiger partial charge >= 0.3 is 0 Å². The molecule has 0 aliphatic heterocycles. The van der Waals surface area contributed by atoms with Gasteiger partial charge in [-0.25, -0.2) is 9.98 Å². The van der Waals surface area contributed by atoms with Gasteiger partial charge in [0.15, 0.2) is 0 Å². The van der Waals surface area contributed by atoms with E-state index in [1.165, 1.54) is 65.9 Å². The first-order valence-electron chi connectivity index (χ1n) is 17.6. The number of para-hydroxylation sites is 2. The minimum Gasteiger partial charge on any atom is -0.340 e. The van der Waals surface area contributed by atoms with Gasteiger partial charge in [-0.1, -0.05) is 75.2 Å². The molecule has 4 nitrogen and oxygen atoms in total. The maximum Gasteiger partial charge on any atom is 0.0826 e. The van der Waals surface area contributed by atoms with Crippen LogP contribution in [0.3, 0.4) is 0 Å². The van der Waals surface area contributed by atoms with E-state index < -0.39 is 0 Å². The Hall–Kier alpha value is -4.96. The lowest BCUT2D eigenvalue weighted by atomic mass is 9.98. The first-order chi connectivity index (χ1) is 23.4. The van der Waals surface area contributed by atoms with Crippen molar-refractivity contribution in [1.29, 1.82) is 0 Å². The van der Waals surface area contributed by atoms with Crippen molar-refractivity contribution >= 4 is 55.0 Å². The van der Waals surface area contributed by atoms with Gasteiger partial charge in [-0.3, -0.25) is 0 Å². The second-order valence-electron chi connectivity index (χ2n) is 13.4.